The summed E-state index contributed by atoms with van der Waals surface area (Å²) in [6.45, 7) is 2.11. The first kappa shape index (κ1) is 12.0. The molecule has 1 unspecified atom stereocenters. The largest absolute Gasteiger partial charge is 0.464 e. The fourth-order valence-electron chi connectivity index (χ4n) is 1.98. The van der Waals surface area contributed by atoms with Gasteiger partial charge in [-0.05, 0) is 6.92 Å². The summed E-state index contributed by atoms with van der Waals surface area (Å²) in [5.74, 6) is -0.626. The average molecular weight is 243 g/mol. The van der Waals surface area contributed by atoms with Gasteiger partial charge in [-0.1, -0.05) is 0 Å². The molecule has 2 N–H and O–H groups in total. The lowest BCUT2D eigenvalue weighted by Gasteiger charge is -2.12. The summed E-state index contributed by atoms with van der Waals surface area (Å²) in [5.41, 5.74) is 2.81. The van der Waals surface area contributed by atoms with Crippen LogP contribution in [0.25, 0.3) is 0 Å². The Bertz CT molecular complexity index is 421. The summed E-state index contributed by atoms with van der Waals surface area (Å²) < 4.78 is 19.6. The molecule has 0 saturated heterocycles. The van der Waals surface area contributed by atoms with Gasteiger partial charge in [-0.25, -0.2) is 14.2 Å². The summed E-state index contributed by atoms with van der Waals surface area (Å²) in [5, 5.41) is 9.00. The van der Waals surface area contributed by atoms with Crippen molar-refractivity contribution in [2.75, 3.05) is 6.61 Å². The highest BCUT2D eigenvalue weighted by atomic mass is 19.1. The van der Waals surface area contributed by atoms with Gasteiger partial charge in [0.15, 0.2) is 6.04 Å². The van der Waals surface area contributed by atoms with E-state index in [4.69, 9.17) is 9.94 Å². The van der Waals surface area contributed by atoms with E-state index in [1.54, 1.807) is 11.5 Å². The van der Waals surface area contributed by atoms with Crippen molar-refractivity contribution < 1.29 is 19.1 Å². The Morgan fingerprint density at radius 1 is 1.88 bits per heavy atom. The molecule has 17 heavy (non-hydrogen) atoms. The van der Waals surface area contributed by atoms with Gasteiger partial charge in [0.25, 0.3) is 0 Å². The number of carbonyl (C=O) groups is 1. The Labute approximate surface area is 97.4 Å². The van der Waals surface area contributed by atoms with E-state index >= 15 is 0 Å². The first-order chi connectivity index (χ1) is 8.17. The Kier molecular flexibility index (Phi) is 3.39. The number of hydrogen-bond donors (Lipinski definition) is 2. The minimum absolute atomic E-state index is 0.201. The van der Waals surface area contributed by atoms with E-state index in [1.807, 2.05) is 5.48 Å². The van der Waals surface area contributed by atoms with Crippen molar-refractivity contribution in [1.82, 2.24) is 15.0 Å². The van der Waals surface area contributed by atoms with Crippen LogP contribution in [-0.2, 0) is 22.5 Å². The fraction of sp³-hybridized carbons (Fsp3) is 0.600. The second-order valence-corrected chi connectivity index (χ2v) is 3.84. The summed E-state index contributed by atoms with van der Waals surface area (Å²) in [6.07, 6.45) is 0.703. The molecular weight excluding hydrogens is 229 g/mol. The average Bonchev–Trinajstić information content (AvgIpc) is 2.80. The zero-order valence-electron chi connectivity index (χ0n) is 9.39. The SMILES string of the molecule is CCOC(=O)C(NO)c1ncn2c1C[C@@H](F)C2. The van der Waals surface area contributed by atoms with Crippen LogP contribution in [0.15, 0.2) is 6.33 Å². The standard InChI is InChI=1S/C10H14FN3O3/c1-2-17-10(15)9(13-16)8-7-3-6(11)4-14(7)5-12-8/h5-6,9,13,16H,2-4H2,1H3/t6-,9?/m1/s1. The van der Waals surface area contributed by atoms with Crippen molar-refractivity contribution in [1.29, 1.82) is 0 Å². The molecule has 94 valence electrons. The molecule has 7 heteroatoms. The molecule has 0 aliphatic carbocycles. The van der Waals surface area contributed by atoms with Crippen molar-refractivity contribution in [2.24, 2.45) is 0 Å². The highest BCUT2D eigenvalue weighted by Crippen LogP contribution is 2.25. The predicted molar refractivity (Wildman–Crippen MR) is 55.1 cm³/mol. The third kappa shape index (κ3) is 2.16. The van der Waals surface area contributed by atoms with Gasteiger partial charge in [0.1, 0.15) is 6.17 Å². The number of esters is 1. The molecule has 1 aromatic heterocycles. The zero-order chi connectivity index (χ0) is 12.4. The molecule has 2 atom stereocenters. The molecule has 0 spiro atoms. The van der Waals surface area contributed by atoms with Crippen LogP contribution in [0.4, 0.5) is 4.39 Å². The lowest BCUT2D eigenvalue weighted by atomic mass is 10.1. The van der Waals surface area contributed by atoms with Gasteiger partial charge in [-0.15, -0.1) is 0 Å². The van der Waals surface area contributed by atoms with Gasteiger partial charge in [0.05, 0.1) is 25.2 Å². The number of hydroxylamine groups is 1. The van der Waals surface area contributed by atoms with E-state index in [0.29, 0.717) is 11.4 Å². The summed E-state index contributed by atoms with van der Waals surface area (Å²) in [6, 6.07) is -1.06. The first-order valence-electron chi connectivity index (χ1n) is 5.41. The zero-order valence-corrected chi connectivity index (χ0v) is 9.39. The Morgan fingerprint density at radius 2 is 2.65 bits per heavy atom. The number of nitrogens with one attached hydrogen (secondary N) is 1. The minimum Gasteiger partial charge on any atom is -0.464 e. The third-order valence-electron chi connectivity index (χ3n) is 2.71. The van der Waals surface area contributed by atoms with E-state index in [-0.39, 0.29) is 19.6 Å². The van der Waals surface area contributed by atoms with Gasteiger partial charge in [0, 0.05) is 12.1 Å². The lowest BCUT2D eigenvalue weighted by Crippen LogP contribution is -2.29. The molecule has 6 nitrogen and oxygen atoms in total. The van der Waals surface area contributed by atoms with Crippen molar-refractivity contribution in [3.8, 4) is 0 Å². The maximum absolute atomic E-state index is 13.2. The molecule has 0 saturated carbocycles. The van der Waals surface area contributed by atoms with Gasteiger partial charge >= 0.3 is 5.97 Å². The van der Waals surface area contributed by atoms with Gasteiger partial charge in [-0.2, -0.15) is 5.48 Å². The Hall–Kier alpha value is -1.47. The maximum Gasteiger partial charge on any atom is 0.331 e. The number of alkyl halides is 1. The number of hydrogen-bond acceptors (Lipinski definition) is 5. The van der Waals surface area contributed by atoms with Crippen LogP contribution < -0.4 is 5.48 Å². The second-order valence-electron chi connectivity index (χ2n) is 3.84. The summed E-state index contributed by atoms with van der Waals surface area (Å²) in [7, 11) is 0. The molecule has 0 bridgehead atoms. The topological polar surface area (TPSA) is 76.4 Å². The van der Waals surface area contributed by atoms with Crippen LogP contribution in [0.1, 0.15) is 24.4 Å². The number of rotatable bonds is 4. The van der Waals surface area contributed by atoms with E-state index in [9.17, 15) is 9.18 Å². The molecule has 2 heterocycles. The molecular formula is C10H14FN3O3. The van der Waals surface area contributed by atoms with Crippen molar-refractivity contribution in [3.63, 3.8) is 0 Å². The van der Waals surface area contributed by atoms with Crippen LogP contribution in [0.3, 0.4) is 0 Å². The smallest absolute Gasteiger partial charge is 0.331 e. The van der Waals surface area contributed by atoms with Crippen molar-refractivity contribution >= 4 is 5.97 Å². The normalized spacial score (nSPS) is 20.1. The molecule has 0 fully saturated rings. The fourth-order valence-corrected chi connectivity index (χ4v) is 1.98. The van der Waals surface area contributed by atoms with Crippen LogP contribution in [-0.4, -0.2) is 33.5 Å². The number of halogens is 1. The molecule has 1 aromatic rings. The molecule has 2 rings (SSSR count). The third-order valence-corrected chi connectivity index (χ3v) is 2.71. The van der Waals surface area contributed by atoms with Crippen LogP contribution in [0.5, 0.6) is 0 Å². The highest BCUT2D eigenvalue weighted by Gasteiger charge is 2.32. The molecule has 1 aliphatic heterocycles. The van der Waals surface area contributed by atoms with Crippen molar-refractivity contribution in [3.05, 3.63) is 17.7 Å². The minimum atomic E-state index is -1.06. The number of carbonyl (C=O) groups excluding carboxylic acids is 1. The summed E-state index contributed by atoms with van der Waals surface area (Å²) >= 11 is 0. The van der Waals surface area contributed by atoms with Crippen LogP contribution in [0, 0.1) is 0 Å². The number of ether oxygens (including phenoxy) is 1. The van der Waals surface area contributed by atoms with Crippen LogP contribution >= 0.6 is 0 Å². The van der Waals surface area contributed by atoms with Crippen molar-refractivity contribution in [2.45, 2.75) is 32.1 Å². The Balaban J connectivity index is 2.24. The van der Waals surface area contributed by atoms with E-state index in [0.717, 1.165) is 0 Å². The van der Waals surface area contributed by atoms with E-state index < -0.39 is 18.2 Å². The maximum atomic E-state index is 13.2. The molecule has 1 aliphatic rings. The quantitative estimate of drug-likeness (QED) is 0.590. The number of fused-ring (bicyclic) bond motifs is 1. The highest BCUT2D eigenvalue weighted by molar-refractivity contribution is 5.77. The number of nitrogens with zero attached hydrogens (tertiary/aromatic N) is 2. The molecule has 0 amide bonds. The second kappa shape index (κ2) is 4.80. The number of aromatic nitrogens is 2. The number of imidazole rings is 1. The summed E-state index contributed by atoms with van der Waals surface area (Å²) in [4.78, 5) is 15.6. The molecule has 0 aromatic carbocycles. The first-order valence-corrected chi connectivity index (χ1v) is 5.41. The van der Waals surface area contributed by atoms with Crippen LogP contribution in [0.2, 0.25) is 0 Å². The van der Waals surface area contributed by atoms with Gasteiger partial charge in [-0.3, -0.25) is 0 Å². The predicted octanol–water partition coefficient (Wildman–Crippen LogP) is 0.360. The lowest BCUT2D eigenvalue weighted by molar-refractivity contribution is -0.149. The van der Waals surface area contributed by atoms with E-state index in [1.165, 1.54) is 6.33 Å². The Morgan fingerprint density at radius 3 is 3.29 bits per heavy atom. The van der Waals surface area contributed by atoms with Gasteiger partial charge < -0.3 is 14.5 Å². The van der Waals surface area contributed by atoms with E-state index in [2.05, 4.69) is 4.98 Å². The molecule has 0 radical (unpaired) electrons. The monoisotopic (exact) mass is 243 g/mol. The van der Waals surface area contributed by atoms with Gasteiger partial charge in [0.2, 0.25) is 0 Å².